The largest absolute Gasteiger partial charge is 0.465 e. The first-order valence-electron chi connectivity index (χ1n) is 5.25. The summed E-state index contributed by atoms with van der Waals surface area (Å²) in [6.45, 7) is 3.75. The number of rotatable bonds is 4. The highest BCUT2D eigenvalue weighted by Crippen LogP contribution is 2.19. The molecule has 1 amide bonds. The van der Waals surface area contributed by atoms with Gasteiger partial charge in [-0.05, 0) is 31.5 Å². The molecule has 5 heteroatoms. The van der Waals surface area contributed by atoms with Crippen LogP contribution in [0.2, 0.25) is 0 Å². The molecule has 0 fully saturated rings. The van der Waals surface area contributed by atoms with Crippen LogP contribution in [0.1, 0.15) is 22.8 Å². The lowest BCUT2D eigenvalue weighted by Gasteiger charge is -2.08. The summed E-state index contributed by atoms with van der Waals surface area (Å²) in [5.74, 6) is -0.717. The number of hydrogen-bond donors (Lipinski definition) is 1. The zero-order chi connectivity index (χ0) is 12.8. The number of halogens is 1. The normalized spacial score (nSPS) is 9.82. The summed E-state index contributed by atoms with van der Waals surface area (Å²) >= 11 is 3.35. The summed E-state index contributed by atoms with van der Waals surface area (Å²) in [7, 11) is 0. The highest BCUT2D eigenvalue weighted by molar-refractivity contribution is 9.10. The number of hydrogen-bond acceptors (Lipinski definition) is 3. The average Bonchev–Trinajstić information content (AvgIpc) is 2.30. The van der Waals surface area contributed by atoms with E-state index in [-0.39, 0.29) is 12.5 Å². The fourth-order valence-electron chi connectivity index (χ4n) is 1.31. The third kappa shape index (κ3) is 3.85. The van der Waals surface area contributed by atoms with Crippen LogP contribution in [0.15, 0.2) is 22.7 Å². The third-order valence-corrected chi connectivity index (χ3v) is 3.07. The summed E-state index contributed by atoms with van der Waals surface area (Å²) in [6.07, 6.45) is 0. The third-order valence-electron chi connectivity index (χ3n) is 2.21. The zero-order valence-electron chi connectivity index (χ0n) is 9.75. The first-order valence-corrected chi connectivity index (χ1v) is 6.04. The molecule has 1 aromatic rings. The maximum Gasteiger partial charge on any atom is 0.325 e. The number of carbonyl (C=O) groups is 2. The Bertz CT molecular complexity index is 432. The van der Waals surface area contributed by atoms with E-state index in [1.165, 1.54) is 0 Å². The molecule has 0 saturated carbocycles. The predicted molar refractivity (Wildman–Crippen MR) is 67.8 cm³/mol. The average molecular weight is 300 g/mol. The van der Waals surface area contributed by atoms with Gasteiger partial charge in [0.15, 0.2) is 0 Å². The van der Waals surface area contributed by atoms with E-state index >= 15 is 0 Å². The Hall–Kier alpha value is -1.36. The number of esters is 1. The molecular formula is C12H14BrNO3. The summed E-state index contributed by atoms with van der Waals surface area (Å²) in [6, 6.07) is 5.34. The molecule has 0 atom stereocenters. The second-order valence-corrected chi connectivity index (χ2v) is 4.25. The van der Waals surface area contributed by atoms with Gasteiger partial charge in [-0.1, -0.05) is 22.0 Å². The Morgan fingerprint density at radius 1 is 1.41 bits per heavy atom. The van der Waals surface area contributed by atoms with E-state index in [9.17, 15) is 9.59 Å². The van der Waals surface area contributed by atoms with Gasteiger partial charge >= 0.3 is 5.97 Å². The molecule has 1 rings (SSSR count). The van der Waals surface area contributed by atoms with E-state index < -0.39 is 5.97 Å². The van der Waals surface area contributed by atoms with Crippen molar-refractivity contribution in [3.63, 3.8) is 0 Å². The molecule has 0 bridgehead atoms. The zero-order valence-corrected chi connectivity index (χ0v) is 11.3. The molecule has 0 spiro atoms. The molecule has 0 radical (unpaired) electrons. The lowest BCUT2D eigenvalue weighted by atomic mass is 10.1. The van der Waals surface area contributed by atoms with Crippen molar-refractivity contribution >= 4 is 27.8 Å². The molecule has 0 aromatic heterocycles. The molecule has 0 saturated heterocycles. The minimum Gasteiger partial charge on any atom is -0.465 e. The molecule has 4 nitrogen and oxygen atoms in total. The number of benzene rings is 1. The van der Waals surface area contributed by atoms with E-state index in [0.717, 1.165) is 10.0 Å². The summed E-state index contributed by atoms with van der Waals surface area (Å²) in [4.78, 5) is 22.9. The van der Waals surface area contributed by atoms with E-state index in [1.807, 2.05) is 13.0 Å². The molecule has 17 heavy (non-hydrogen) atoms. The van der Waals surface area contributed by atoms with Gasteiger partial charge in [0.05, 0.1) is 6.61 Å². The lowest BCUT2D eigenvalue weighted by Crippen LogP contribution is -2.31. The quantitative estimate of drug-likeness (QED) is 0.866. The summed E-state index contributed by atoms with van der Waals surface area (Å²) < 4.78 is 5.58. The second kappa shape index (κ2) is 6.39. The van der Waals surface area contributed by atoms with Crippen molar-refractivity contribution in [2.75, 3.05) is 13.2 Å². The highest BCUT2D eigenvalue weighted by Gasteiger charge is 2.11. The summed E-state index contributed by atoms with van der Waals surface area (Å²) in [5.41, 5.74) is 1.39. The van der Waals surface area contributed by atoms with E-state index in [2.05, 4.69) is 21.2 Å². The van der Waals surface area contributed by atoms with Crippen molar-refractivity contribution < 1.29 is 14.3 Å². The van der Waals surface area contributed by atoms with Crippen molar-refractivity contribution in [3.8, 4) is 0 Å². The van der Waals surface area contributed by atoms with Gasteiger partial charge < -0.3 is 10.1 Å². The van der Waals surface area contributed by atoms with Crippen LogP contribution in [0.3, 0.4) is 0 Å². The van der Waals surface area contributed by atoms with Gasteiger partial charge in [-0.15, -0.1) is 0 Å². The van der Waals surface area contributed by atoms with Gasteiger partial charge in [0.2, 0.25) is 0 Å². The molecule has 0 heterocycles. The number of amides is 1. The Morgan fingerprint density at radius 2 is 2.12 bits per heavy atom. The molecular weight excluding hydrogens is 286 g/mol. The Labute approximate surface area is 108 Å². The van der Waals surface area contributed by atoms with Crippen molar-refractivity contribution in [2.24, 2.45) is 0 Å². The predicted octanol–water partition coefficient (Wildman–Crippen LogP) is 2.05. The van der Waals surface area contributed by atoms with Crippen LogP contribution in [0.25, 0.3) is 0 Å². The van der Waals surface area contributed by atoms with Crippen molar-refractivity contribution in [1.29, 1.82) is 0 Å². The fraction of sp³-hybridized carbons (Fsp3) is 0.333. The molecule has 92 valence electrons. The molecule has 0 unspecified atom stereocenters. The monoisotopic (exact) mass is 299 g/mol. The van der Waals surface area contributed by atoms with E-state index in [1.54, 1.807) is 19.1 Å². The maximum absolute atomic E-state index is 11.8. The standard InChI is InChI=1S/C12H14BrNO3/c1-3-17-11(15)7-14-12(16)9-5-4-6-10(13)8(9)2/h4-6H,3,7H2,1-2H3,(H,14,16). The number of nitrogens with one attached hydrogen (secondary N) is 1. The minimum atomic E-state index is -0.437. The molecule has 0 aliphatic carbocycles. The molecule has 0 aliphatic rings. The van der Waals surface area contributed by atoms with Gasteiger partial charge in [-0.2, -0.15) is 0 Å². The van der Waals surface area contributed by atoms with Gasteiger partial charge in [0.25, 0.3) is 5.91 Å². The van der Waals surface area contributed by atoms with Gasteiger partial charge in [0, 0.05) is 10.0 Å². The Morgan fingerprint density at radius 3 is 2.76 bits per heavy atom. The van der Waals surface area contributed by atoms with Crippen LogP contribution in [-0.4, -0.2) is 25.0 Å². The Kier molecular flexibility index (Phi) is 5.15. The van der Waals surface area contributed by atoms with Crippen LogP contribution >= 0.6 is 15.9 Å². The Balaban J connectivity index is 2.64. The smallest absolute Gasteiger partial charge is 0.325 e. The highest BCUT2D eigenvalue weighted by atomic mass is 79.9. The lowest BCUT2D eigenvalue weighted by molar-refractivity contribution is -0.141. The number of ether oxygens (including phenoxy) is 1. The maximum atomic E-state index is 11.8. The first-order chi connectivity index (χ1) is 8.06. The van der Waals surface area contributed by atoms with Gasteiger partial charge in [-0.25, -0.2) is 0 Å². The van der Waals surface area contributed by atoms with Gasteiger partial charge in [0.1, 0.15) is 6.54 Å². The second-order valence-electron chi connectivity index (χ2n) is 3.40. The van der Waals surface area contributed by atoms with Crippen molar-refractivity contribution in [1.82, 2.24) is 5.32 Å². The number of carbonyl (C=O) groups excluding carboxylic acids is 2. The van der Waals surface area contributed by atoms with Crippen molar-refractivity contribution in [3.05, 3.63) is 33.8 Å². The minimum absolute atomic E-state index is 0.112. The van der Waals surface area contributed by atoms with Crippen LogP contribution in [0, 0.1) is 6.92 Å². The van der Waals surface area contributed by atoms with Crippen LogP contribution in [-0.2, 0) is 9.53 Å². The van der Waals surface area contributed by atoms with E-state index in [0.29, 0.717) is 12.2 Å². The van der Waals surface area contributed by atoms with Crippen molar-refractivity contribution in [2.45, 2.75) is 13.8 Å². The SMILES string of the molecule is CCOC(=O)CNC(=O)c1cccc(Br)c1C. The van der Waals surface area contributed by atoms with Gasteiger partial charge in [-0.3, -0.25) is 9.59 Å². The molecule has 1 N–H and O–H groups in total. The summed E-state index contributed by atoms with van der Waals surface area (Å²) in [5, 5.41) is 2.52. The van der Waals surface area contributed by atoms with Crippen LogP contribution in [0.4, 0.5) is 0 Å². The molecule has 1 aromatic carbocycles. The van der Waals surface area contributed by atoms with Crippen LogP contribution < -0.4 is 5.32 Å². The fourth-order valence-corrected chi connectivity index (χ4v) is 1.68. The van der Waals surface area contributed by atoms with Crippen LogP contribution in [0.5, 0.6) is 0 Å². The topological polar surface area (TPSA) is 55.4 Å². The van der Waals surface area contributed by atoms with E-state index in [4.69, 9.17) is 4.74 Å². The first kappa shape index (κ1) is 13.7. The molecule has 0 aliphatic heterocycles.